The number of carboxylic acid groups (broad SMARTS) is 1. The Morgan fingerprint density at radius 1 is 0.971 bits per heavy atom. The van der Waals surface area contributed by atoms with Gasteiger partial charge in [0.2, 0.25) is 5.91 Å². The molecule has 2 aliphatic rings. The van der Waals surface area contributed by atoms with Crippen LogP contribution in [0.4, 0.5) is 4.79 Å². The van der Waals surface area contributed by atoms with Crippen LogP contribution in [0.5, 0.6) is 0 Å². The number of likely N-dealkylation sites (tertiary alicyclic amines) is 1. The minimum absolute atomic E-state index is 0.0465. The van der Waals surface area contributed by atoms with Gasteiger partial charge in [0.1, 0.15) is 13.2 Å². The molecule has 0 radical (unpaired) electrons. The molecular formula is C27H32N2O6. The number of nitrogens with one attached hydrogen (secondary N) is 1. The lowest BCUT2D eigenvalue weighted by Crippen LogP contribution is -2.65. The number of nitrogens with zero attached hydrogens (tertiary/aromatic N) is 1. The lowest BCUT2D eigenvalue weighted by molar-refractivity contribution is -0.162. The van der Waals surface area contributed by atoms with Crippen LogP contribution in [-0.2, 0) is 19.1 Å². The maximum atomic E-state index is 13.2. The number of benzene rings is 2. The molecule has 1 saturated heterocycles. The number of carbonyl (C=O) groups excluding carboxylic acids is 2. The molecule has 186 valence electrons. The van der Waals surface area contributed by atoms with Crippen molar-refractivity contribution in [2.24, 2.45) is 5.41 Å². The minimum Gasteiger partial charge on any atom is -0.480 e. The Balaban J connectivity index is 1.35. The molecule has 1 heterocycles. The van der Waals surface area contributed by atoms with Crippen molar-refractivity contribution in [3.8, 4) is 11.1 Å². The highest BCUT2D eigenvalue weighted by molar-refractivity contribution is 5.85. The Morgan fingerprint density at radius 3 is 2.06 bits per heavy atom. The van der Waals surface area contributed by atoms with Gasteiger partial charge in [-0.05, 0) is 49.9 Å². The first kappa shape index (κ1) is 24.7. The van der Waals surface area contributed by atoms with Crippen LogP contribution in [0.25, 0.3) is 11.1 Å². The molecule has 2 aromatic carbocycles. The van der Waals surface area contributed by atoms with Gasteiger partial charge in [-0.1, -0.05) is 48.5 Å². The first-order chi connectivity index (χ1) is 16.5. The fourth-order valence-electron chi connectivity index (χ4n) is 4.61. The van der Waals surface area contributed by atoms with Gasteiger partial charge in [-0.15, -0.1) is 0 Å². The van der Waals surface area contributed by atoms with Crippen LogP contribution in [0.15, 0.2) is 48.5 Å². The van der Waals surface area contributed by atoms with Gasteiger partial charge in [-0.2, -0.15) is 0 Å². The molecule has 1 fully saturated rings. The lowest BCUT2D eigenvalue weighted by Gasteiger charge is -2.47. The van der Waals surface area contributed by atoms with Crippen LogP contribution in [0, 0.1) is 5.41 Å². The first-order valence-electron chi connectivity index (χ1n) is 11.8. The highest BCUT2D eigenvalue weighted by Gasteiger charge is 2.49. The van der Waals surface area contributed by atoms with Gasteiger partial charge in [0.25, 0.3) is 0 Å². The second-order valence-corrected chi connectivity index (χ2v) is 10.2. The summed E-state index contributed by atoms with van der Waals surface area (Å²) in [6.07, 6.45) is -0.868. The van der Waals surface area contributed by atoms with E-state index < -0.39 is 23.0 Å². The van der Waals surface area contributed by atoms with Crippen LogP contribution < -0.4 is 5.32 Å². The Hall–Kier alpha value is -3.39. The van der Waals surface area contributed by atoms with E-state index in [1.54, 1.807) is 32.6 Å². The van der Waals surface area contributed by atoms with Gasteiger partial charge in [0.15, 0.2) is 0 Å². The highest BCUT2D eigenvalue weighted by atomic mass is 16.5. The van der Waals surface area contributed by atoms with Crippen LogP contribution >= 0.6 is 0 Å². The molecule has 8 nitrogen and oxygen atoms in total. The standard InChI is InChI=1S/C27H32N2O6/c1-26(2,24(32)29-13-17(14-29)34-16-23(30)31)27(3,4)28-25(33)35-15-22-20-11-7-5-9-18(20)19-10-6-8-12-21(19)22/h5-12,17,22H,13-16H2,1-4H3,(H,28,33)(H,30,31). The molecule has 0 aromatic heterocycles. The maximum Gasteiger partial charge on any atom is 0.407 e. The molecule has 0 unspecified atom stereocenters. The number of ether oxygens (including phenoxy) is 2. The van der Waals surface area contributed by atoms with E-state index in [-0.39, 0.29) is 31.1 Å². The summed E-state index contributed by atoms with van der Waals surface area (Å²) in [5, 5.41) is 11.6. The van der Waals surface area contributed by atoms with Gasteiger partial charge in [0, 0.05) is 19.0 Å². The Morgan fingerprint density at radius 2 is 1.51 bits per heavy atom. The molecule has 35 heavy (non-hydrogen) atoms. The van der Waals surface area contributed by atoms with Crippen molar-refractivity contribution in [3.63, 3.8) is 0 Å². The second kappa shape index (κ2) is 9.34. The molecule has 0 saturated carbocycles. The average Bonchev–Trinajstić information content (AvgIpc) is 3.09. The fourth-order valence-corrected chi connectivity index (χ4v) is 4.61. The number of carbonyl (C=O) groups is 3. The van der Waals surface area contributed by atoms with E-state index in [2.05, 4.69) is 29.6 Å². The largest absolute Gasteiger partial charge is 0.480 e. The lowest BCUT2D eigenvalue weighted by atomic mass is 9.73. The molecule has 2 N–H and O–H groups in total. The van der Waals surface area contributed by atoms with Crippen LogP contribution in [0.3, 0.4) is 0 Å². The summed E-state index contributed by atoms with van der Waals surface area (Å²) in [5.74, 6) is -1.23. The third kappa shape index (κ3) is 4.75. The van der Waals surface area contributed by atoms with E-state index in [9.17, 15) is 14.4 Å². The van der Waals surface area contributed by atoms with Gasteiger partial charge in [-0.25, -0.2) is 9.59 Å². The predicted molar refractivity (Wildman–Crippen MR) is 130 cm³/mol. The van der Waals surface area contributed by atoms with Gasteiger partial charge in [0.05, 0.1) is 17.1 Å². The zero-order valence-corrected chi connectivity index (χ0v) is 20.5. The third-order valence-electron chi connectivity index (χ3n) is 7.43. The van der Waals surface area contributed by atoms with Crippen molar-refractivity contribution in [2.45, 2.75) is 45.3 Å². The van der Waals surface area contributed by atoms with E-state index in [0.29, 0.717) is 13.1 Å². The fraction of sp³-hybridized carbons (Fsp3) is 0.444. The monoisotopic (exact) mass is 480 g/mol. The number of hydrogen-bond donors (Lipinski definition) is 2. The first-order valence-corrected chi connectivity index (χ1v) is 11.8. The van der Waals surface area contributed by atoms with E-state index in [1.807, 2.05) is 24.3 Å². The van der Waals surface area contributed by atoms with Crippen molar-refractivity contribution in [1.29, 1.82) is 0 Å². The Labute approximate surface area is 205 Å². The SMILES string of the molecule is CC(C)(NC(=O)OCC1c2ccccc2-c2ccccc21)C(C)(C)C(=O)N1CC(OCC(=O)O)C1. The number of carboxylic acids is 1. The smallest absolute Gasteiger partial charge is 0.407 e. The van der Waals surface area contributed by atoms with E-state index in [0.717, 1.165) is 22.3 Å². The molecule has 0 atom stereocenters. The van der Waals surface area contributed by atoms with Crippen LogP contribution in [-0.4, -0.2) is 65.9 Å². The maximum absolute atomic E-state index is 13.2. The summed E-state index contributed by atoms with van der Waals surface area (Å²) < 4.78 is 10.9. The Kier molecular flexibility index (Phi) is 6.60. The van der Waals surface area contributed by atoms with Crippen LogP contribution in [0.1, 0.15) is 44.7 Å². The highest BCUT2D eigenvalue weighted by Crippen LogP contribution is 2.44. The van der Waals surface area contributed by atoms with Gasteiger partial charge >= 0.3 is 12.1 Å². The van der Waals surface area contributed by atoms with E-state index in [1.165, 1.54) is 0 Å². The molecule has 4 rings (SSSR count). The van der Waals surface area contributed by atoms with Crippen molar-refractivity contribution < 1.29 is 29.0 Å². The van der Waals surface area contributed by atoms with E-state index in [4.69, 9.17) is 14.6 Å². The topological polar surface area (TPSA) is 105 Å². The third-order valence-corrected chi connectivity index (χ3v) is 7.43. The van der Waals surface area contributed by atoms with Gasteiger partial charge in [-0.3, -0.25) is 4.79 Å². The van der Waals surface area contributed by atoms with Crippen molar-refractivity contribution in [2.75, 3.05) is 26.3 Å². The number of alkyl carbamates (subject to hydrolysis) is 1. The Bertz CT molecular complexity index is 1090. The summed E-state index contributed by atoms with van der Waals surface area (Å²) >= 11 is 0. The van der Waals surface area contributed by atoms with E-state index >= 15 is 0 Å². The molecule has 1 aliphatic carbocycles. The number of amides is 2. The number of rotatable bonds is 8. The molecule has 8 heteroatoms. The summed E-state index contributed by atoms with van der Waals surface area (Å²) in [6.45, 7) is 7.63. The van der Waals surface area contributed by atoms with Crippen molar-refractivity contribution in [3.05, 3.63) is 59.7 Å². The summed E-state index contributed by atoms with van der Waals surface area (Å²) in [5.41, 5.74) is 2.74. The van der Waals surface area contributed by atoms with Gasteiger partial charge < -0.3 is 24.8 Å². The van der Waals surface area contributed by atoms with Crippen molar-refractivity contribution in [1.82, 2.24) is 10.2 Å². The molecule has 2 amide bonds. The van der Waals surface area contributed by atoms with Crippen molar-refractivity contribution >= 4 is 18.0 Å². The predicted octanol–water partition coefficient (Wildman–Crippen LogP) is 3.64. The summed E-state index contributed by atoms with van der Waals surface area (Å²) in [7, 11) is 0. The normalized spacial score (nSPS) is 15.7. The zero-order valence-electron chi connectivity index (χ0n) is 20.5. The molecule has 1 aliphatic heterocycles. The number of fused-ring (bicyclic) bond motifs is 3. The quantitative estimate of drug-likeness (QED) is 0.598. The number of hydrogen-bond acceptors (Lipinski definition) is 5. The zero-order chi connectivity index (χ0) is 25.4. The second-order valence-electron chi connectivity index (χ2n) is 10.2. The molecular weight excluding hydrogens is 448 g/mol. The summed E-state index contributed by atoms with van der Waals surface area (Å²) in [4.78, 5) is 38.3. The van der Waals surface area contributed by atoms with Crippen LogP contribution in [0.2, 0.25) is 0 Å². The minimum atomic E-state index is -1.04. The molecule has 2 aromatic rings. The molecule has 0 bridgehead atoms. The summed E-state index contributed by atoms with van der Waals surface area (Å²) in [6, 6.07) is 16.3. The average molecular weight is 481 g/mol. The molecule has 0 spiro atoms. The number of aliphatic carboxylic acids is 1.